The maximum atomic E-state index is 12.8. The number of nitrogens with zero attached hydrogens (tertiary/aromatic N) is 5. The van der Waals surface area contributed by atoms with E-state index < -0.39 is 0 Å². The Morgan fingerprint density at radius 3 is 2.55 bits per heavy atom. The van der Waals surface area contributed by atoms with E-state index in [4.69, 9.17) is 0 Å². The highest BCUT2D eigenvalue weighted by Gasteiger charge is 2.28. The normalized spacial score (nSPS) is 15.7. The van der Waals surface area contributed by atoms with Crippen LogP contribution in [0.2, 0.25) is 0 Å². The smallest absolute Gasteiger partial charge is 0.245 e. The van der Waals surface area contributed by atoms with Crippen LogP contribution in [0.5, 0.6) is 0 Å². The fraction of sp³-hybridized carbons (Fsp3) is 0.562. The molecular formula is C16H23N5O. The van der Waals surface area contributed by atoms with Crippen molar-refractivity contribution in [1.29, 1.82) is 0 Å². The Morgan fingerprint density at radius 1 is 1.23 bits per heavy atom. The van der Waals surface area contributed by atoms with Gasteiger partial charge in [-0.3, -0.25) is 4.79 Å². The third-order valence-corrected chi connectivity index (χ3v) is 4.53. The first kappa shape index (κ1) is 14.8. The molecule has 6 nitrogen and oxygen atoms in total. The average Bonchev–Trinajstić information content (AvgIpc) is 3.08. The van der Waals surface area contributed by atoms with Crippen LogP contribution in [0, 0.1) is 13.8 Å². The van der Waals surface area contributed by atoms with Crippen molar-refractivity contribution in [3.63, 3.8) is 0 Å². The van der Waals surface area contributed by atoms with Gasteiger partial charge in [0.05, 0.1) is 6.54 Å². The van der Waals surface area contributed by atoms with Gasteiger partial charge in [0.15, 0.2) is 5.82 Å². The molecular weight excluding hydrogens is 278 g/mol. The molecule has 1 amide bonds. The molecule has 0 unspecified atom stereocenters. The SMILES string of the molecule is CCc1nnc2n1CCN(C(=O)[C@@H](C)n1c(C)ccc1C)C2. The minimum absolute atomic E-state index is 0.148. The largest absolute Gasteiger partial charge is 0.337 e. The lowest BCUT2D eigenvalue weighted by atomic mass is 10.2. The molecule has 0 saturated carbocycles. The molecule has 0 radical (unpaired) electrons. The molecule has 2 aromatic rings. The molecule has 0 N–H and O–H groups in total. The van der Waals surface area contributed by atoms with Gasteiger partial charge >= 0.3 is 0 Å². The van der Waals surface area contributed by atoms with E-state index in [0.717, 1.165) is 42.5 Å². The molecule has 118 valence electrons. The zero-order chi connectivity index (χ0) is 15.9. The Hall–Kier alpha value is -2.11. The molecule has 1 aliphatic rings. The minimum atomic E-state index is -0.185. The molecule has 0 saturated heterocycles. The van der Waals surface area contributed by atoms with E-state index in [0.29, 0.717) is 6.54 Å². The lowest BCUT2D eigenvalue weighted by Crippen LogP contribution is -2.42. The predicted octanol–water partition coefficient (Wildman–Crippen LogP) is 1.86. The van der Waals surface area contributed by atoms with E-state index in [1.807, 2.05) is 25.7 Å². The number of aromatic nitrogens is 4. The van der Waals surface area contributed by atoms with Crippen molar-refractivity contribution in [2.75, 3.05) is 6.54 Å². The van der Waals surface area contributed by atoms with Crippen LogP contribution < -0.4 is 0 Å². The molecule has 6 heteroatoms. The highest BCUT2D eigenvalue weighted by molar-refractivity contribution is 5.80. The Kier molecular flexibility index (Phi) is 3.76. The van der Waals surface area contributed by atoms with Crippen LogP contribution in [0.25, 0.3) is 0 Å². The van der Waals surface area contributed by atoms with Crippen molar-refractivity contribution in [2.45, 2.75) is 53.2 Å². The van der Waals surface area contributed by atoms with Crippen LogP contribution in [0.3, 0.4) is 0 Å². The molecule has 0 bridgehead atoms. The van der Waals surface area contributed by atoms with Crippen LogP contribution in [0.4, 0.5) is 0 Å². The van der Waals surface area contributed by atoms with Crippen molar-refractivity contribution in [3.8, 4) is 0 Å². The van der Waals surface area contributed by atoms with Crippen molar-refractivity contribution in [3.05, 3.63) is 35.2 Å². The fourth-order valence-electron chi connectivity index (χ4n) is 3.33. The van der Waals surface area contributed by atoms with Crippen molar-refractivity contribution in [2.24, 2.45) is 0 Å². The zero-order valence-corrected chi connectivity index (χ0v) is 13.7. The first-order valence-electron chi connectivity index (χ1n) is 7.87. The van der Waals surface area contributed by atoms with Gasteiger partial charge in [-0.2, -0.15) is 0 Å². The molecule has 1 atom stereocenters. The van der Waals surface area contributed by atoms with Gasteiger partial charge in [0.1, 0.15) is 11.9 Å². The Bertz CT molecular complexity index is 680. The first-order valence-corrected chi connectivity index (χ1v) is 7.87. The second-order valence-corrected chi connectivity index (χ2v) is 5.96. The van der Waals surface area contributed by atoms with E-state index in [1.165, 1.54) is 0 Å². The zero-order valence-electron chi connectivity index (χ0n) is 13.7. The van der Waals surface area contributed by atoms with Gasteiger partial charge in [0.2, 0.25) is 5.91 Å². The van der Waals surface area contributed by atoms with Crippen LogP contribution in [-0.4, -0.2) is 36.7 Å². The molecule has 2 aromatic heterocycles. The summed E-state index contributed by atoms with van der Waals surface area (Å²) in [6, 6.07) is 3.92. The Labute approximate surface area is 130 Å². The first-order chi connectivity index (χ1) is 10.5. The maximum Gasteiger partial charge on any atom is 0.245 e. The van der Waals surface area contributed by atoms with Crippen LogP contribution in [0.1, 0.15) is 42.9 Å². The summed E-state index contributed by atoms with van der Waals surface area (Å²) in [7, 11) is 0. The van der Waals surface area contributed by atoms with E-state index in [2.05, 4.69) is 38.4 Å². The van der Waals surface area contributed by atoms with E-state index >= 15 is 0 Å². The molecule has 0 aliphatic carbocycles. The van der Waals surface area contributed by atoms with E-state index in [9.17, 15) is 4.79 Å². The summed E-state index contributed by atoms with van der Waals surface area (Å²) in [5.41, 5.74) is 2.23. The second-order valence-electron chi connectivity index (χ2n) is 5.96. The lowest BCUT2D eigenvalue weighted by Gasteiger charge is -2.31. The van der Waals surface area contributed by atoms with Crippen molar-refractivity contribution in [1.82, 2.24) is 24.2 Å². The number of fused-ring (bicyclic) bond motifs is 1. The minimum Gasteiger partial charge on any atom is -0.337 e. The molecule has 0 aromatic carbocycles. The van der Waals surface area contributed by atoms with Crippen LogP contribution in [0.15, 0.2) is 12.1 Å². The summed E-state index contributed by atoms with van der Waals surface area (Å²) < 4.78 is 4.24. The molecule has 1 aliphatic heterocycles. The van der Waals surface area contributed by atoms with Gasteiger partial charge in [-0.25, -0.2) is 0 Å². The van der Waals surface area contributed by atoms with Gasteiger partial charge in [-0.1, -0.05) is 6.92 Å². The third kappa shape index (κ3) is 2.32. The summed E-state index contributed by atoms with van der Waals surface area (Å²) in [5.74, 6) is 2.05. The third-order valence-electron chi connectivity index (χ3n) is 4.53. The number of hydrogen-bond donors (Lipinski definition) is 0. The highest BCUT2D eigenvalue weighted by Crippen LogP contribution is 2.21. The average molecular weight is 301 g/mol. The maximum absolute atomic E-state index is 12.8. The molecule has 0 spiro atoms. The van der Waals surface area contributed by atoms with Crippen molar-refractivity contribution >= 4 is 5.91 Å². The van der Waals surface area contributed by atoms with E-state index in [1.54, 1.807) is 0 Å². The number of carbonyl (C=O) groups excluding carboxylic acids is 1. The molecule has 0 fully saturated rings. The van der Waals surface area contributed by atoms with Gasteiger partial charge < -0.3 is 14.0 Å². The fourth-order valence-corrected chi connectivity index (χ4v) is 3.33. The van der Waals surface area contributed by atoms with Crippen molar-refractivity contribution < 1.29 is 4.79 Å². The summed E-state index contributed by atoms with van der Waals surface area (Å²) in [6.07, 6.45) is 0.874. The molecule has 22 heavy (non-hydrogen) atoms. The highest BCUT2D eigenvalue weighted by atomic mass is 16.2. The summed E-state index contributed by atoms with van der Waals surface area (Å²) >= 11 is 0. The van der Waals surface area contributed by atoms with Crippen LogP contribution in [-0.2, 0) is 24.3 Å². The summed E-state index contributed by atoms with van der Waals surface area (Å²) in [5, 5.41) is 8.43. The monoisotopic (exact) mass is 301 g/mol. The predicted molar refractivity (Wildman–Crippen MR) is 83.4 cm³/mol. The lowest BCUT2D eigenvalue weighted by molar-refractivity contribution is -0.135. The number of rotatable bonds is 3. The van der Waals surface area contributed by atoms with Gasteiger partial charge in [0, 0.05) is 30.9 Å². The number of carbonyl (C=O) groups is 1. The van der Waals surface area contributed by atoms with E-state index in [-0.39, 0.29) is 11.9 Å². The van der Waals surface area contributed by atoms with Gasteiger partial charge in [-0.15, -0.1) is 10.2 Å². The molecule has 3 rings (SSSR count). The summed E-state index contributed by atoms with van der Waals surface area (Å²) in [6.45, 7) is 10.2. The Morgan fingerprint density at radius 2 is 1.91 bits per heavy atom. The van der Waals surface area contributed by atoms with Crippen LogP contribution >= 0.6 is 0 Å². The number of amides is 1. The number of aryl methyl sites for hydroxylation is 3. The number of hydrogen-bond acceptors (Lipinski definition) is 3. The van der Waals surface area contributed by atoms with Gasteiger partial charge in [0.25, 0.3) is 0 Å². The second kappa shape index (κ2) is 5.59. The Balaban J connectivity index is 1.79. The standard InChI is InChI=1S/C16H23N5O/c1-5-14-17-18-15-10-19(8-9-20(14)15)16(22)13(4)21-11(2)6-7-12(21)3/h6-7,13H,5,8-10H2,1-4H3/t13-/m1/s1. The van der Waals surface area contributed by atoms with Gasteiger partial charge in [-0.05, 0) is 32.9 Å². The summed E-state index contributed by atoms with van der Waals surface area (Å²) in [4.78, 5) is 14.7. The molecule has 3 heterocycles. The topological polar surface area (TPSA) is 56.0 Å². The quantitative estimate of drug-likeness (QED) is 0.869.